The van der Waals surface area contributed by atoms with E-state index >= 15 is 0 Å². The van der Waals surface area contributed by atoms with E-state index in [1.54, 1.807) is 0 Å². The first-order chi connectivity index (χ1) is 7.25. The summed E-state index contributed by atoms with van der Waals surface area (Å²) >= 11 is 0. The molecule has 2 saturated heterocycles. The molecular formula is C13H26N2. The van der Waals surface area contributed by atoms with Gasteiger partial charge in [0.1, 0.15) is 0 Å². The summed E-state index contributed by atoms with van der Waals surface area (Å²) in [6.45, 7) is 11.3. The molecule has 0 aromatic rings. The molecule has 0 aromatic carbocycles. The SMILES string of the molecule is CC1CN(CCCC2CCNC2)CC1C. The van der Waals surface area contributed by atoms with Gasteiger partial charge in [-0.1, -0.05) is 13.8 Å². The molecule has 0 saturated carbocycles. The normalized spacial score (nSPS) is 37.6. The van der Waals surface area contributed by atoms with Crippen molar-refractivity contribution in [3.8, 4) is 0 Å². The average molecular weight is 210 g/mol. The van der Waals surface area contributed by atoms with Crippen molar-refractivity contribution in [1.82, 2.24) is 10.2 Å². The van der Waals surface area contributed by atoms with Crippen molar-refractivity contribution in [2.75, 3.05) is 32.7 Å². The maximum atomic E-state index is 3.45. The summed E-state index contributed by atoms with van der Waals surface area (Å²) in [5, 5.41) is 3.45. The van der Waals surface area contributed by atoms with Gasteiger partial charge in [-0.3, -0.25) is 0 Å². The van der Waals surface area contributed by atoms with Gasteiger partial charge in [0.15, 0.2) is 0 Å². The molecule has 0 bridgehead atoms. The van der Waals surface area contributed by atoms with E-state index in [0.717, 1.165) is 17.8 Å². The molecule has 2 aliphatic rings. The molecule has 0 radical (unpaired) electrons. The van der Waals surface area contributed by atoms with E-state index in [2.05, 4.69) is 24.1 Å². The fourth-order valence-corrected chi connectivity index (χ4v) is 3.00. The van der Waals surface area contributed by atoms with E-state index in [4.69, 9.17) is 0 Å². The number of nitrogens with one attached hydrogen (secondary N) is 1. The zero-order chi connectivity index (χ0) is 10.7. The Hall–Kier alpha value is -0.0800. The fourth-order valence-electron chi connectivity index (χ4n) is 3.00. The van der Waals surface area contributed by atoms with Crippen LogP contribution in [0.25, 0.3) is 0 Å². The molecule has 0 spiro atoms. The van der Waals surface area contributed by atoms with Crippen LogP contribution in [0, 0.1) is 17.8 Å². The van der Waals surface area contributed by atoms with Crippen molar-refractivity contribution in [1.29, 1.82) is 0 Å². The van der Waals surface area contributed by atoms with Crippen LogP contribution < -0.4 is 5.32 Å². The van der Waals surface area contributed by atoms with Crippen molar-refractivity contribution in [3.63, 3.8) is 0 Å². The van der Waals surface area contributed by atoms with Gasteiger partial charge in [0.05, 0.1) is 0 Å². The van der Waals surface area contributed by atoms with Crippen molar-refractivity contribution < 1.29 is 0 Å². The second kappa shape index (κ2) is 5.31. The third kappa shape index (κ3) is 3.18. The smallest absolute Gasteiger partial charge is 0.00102 e. The third-order valence-electron chi connectivity index (χ3n) is 4.31. The maximum absolute atomic E-state index is 3.45. The highest BCUT2D eigenvalue weighted by Crippen LogP contribution is 2.23. The van der Waals surface area contributed by atoms with E-state index in [9.17, 15) is 0 Å². The van der Waals surface area contributed by atoms with E-state index < -0.39 is 0 Å². The minimum atomic E-state index is 0.915. The van der Waals surface area contributed by atoms with Crippen LogP contribution in [0.1, 0.15) is 33.1 Å². The molecule has 0 aromatic heterocycles. The molecule has 15 heavy (non-hydrogen) atoms. The van der Waals surface area contributed by atoms with E-state index in [0.29, 0.717) is 0 Å². The zero-order valence-corrected chi connectivity index (χ0v) is 10.3. The minimum Gasteiger partial charge on any atom is -0.316 e. The summed E-state index contributed by atoms with van der Waals surface area (Å²) in [5.41, 5.74) is 0. The topological polar surface area (TPSA) is 15.3 Å². The molecule has 2 nitrogen and oxygen atoms in total. The molecule has 0 aliphatic carbocycles. The number of hydrogen-bond donors (Lipinski definition) is 1. The van der Waals surface area contributed by atoms with Gasteiger partial charge >= 0.3 is 0 Å². The second-order valence-electron chi connectivity index (χ2n) is 5.72. The largest absolute Gasteiger partial charge is 0.316 e. The van der Waals surface area contributed by atoms with Gasteiger partial charge in [-0.2, -0.15) is 0 Å². The second-order valence-corrected chi connectivity index (χ2v) is 5.72. The van der Waals surface area contributed by atoms with Crippen molar-refractivity contribution in [2.24, 2.45) is 17.8 Å². The quantitative estimate of drug-likeness (QED) is 0.763. The molecule has 88 valence electrons. The van der Waals surface area contributed by atoms with Crippen LogP contribution in [0.15, 0.2) is 0 Å². The summed E-state index contributed by atoms with van der Waals surface area (Å²) in [7, 11) is 0. The molecule has 2 aliphatic heterocycles. The van der Waals surface area contributed by atoms with Crippen LogP contribution >= 0.6 is 0 Å². The van der Waals surface area contributed by atoms with Gasteiger partial charge in [-0.25, -0.2) is 0 Å². The summed E-state index contributed by atoms with van der Waals surface area (Å²) in [6, 6.07) is 0. The zero-order valence-electron chi connectivity index (χ0n) is 10.3. The molecular weight excluding hydrogens is 184 g/mol. The number of rotatable bonds is 4. The first-order valence-electron chi connectivity index (χ1n) is 6.69. The predicted octanol–water partition coefficient (Wildman–Crippen LogP) is 1.96. The third-order valence-corrected chi connectivity index (χ3v) is 4.31. The lowest BCUT2D eigenvalue weighted by Crippen LogP contribution is -2.22. The first-order valence-corrected chi connectivity index (χ1v) is 6.69. The lowest BCUT2D eigenvalue weighted by molar-refractivity contribution is 0.305. The number of likely N-dealkylation sites (tertiary alicyclic amines) is 1. The Morgan fingerprint density at radius 3 is 2.53 bits per heavy atom. The molecule has 3 unspecified atom stereocenters. The van der Waals surface area contributed by atoms with Crippen LogP contribution in [-0.2, 0) is 0 Å². The number of nitrogens with zero attached hydrogens (tertiary/aromatic N) is 1. The van der Waals surface area contributed by atoms with E-state index in [1.165, 1.54) is 52.0 Å². The van der Waals surface area contributed by atoms with Gasteiger partial charge in [0, 0.05) is 13.1 Å². The minimum absolute atomic E-state index is 0.915. The van der Waals surface area contributed by atoms with Gasteiger partial charge in [0.2, 0.25) is 0 Å². The number of hydrogen-bond acceptors (Lipinski definition) is 2. The highest BCUT2D eigenvalue weighted by atomic mass is 15.1. The van der Waals surface area contributed by atoms with Crippen LogP contribution in [0.5, 0.6) is 0 Å². The summed E-state index contributed by atoms with van der Waals surface area (Å²) in [4.78, 5) is 2.66. The van der Waals surface area contributed by atoms with Crippen LogP contribution in [0.3, 0.4) is 0 Å². The molecule has 1 N–H and O–H groups in total. The lowest BCUT2D eigenvalue weighted by atomic mass is 10.0. The Morgan fingerprint density at radius 1 is 1.20 bits per heavy atom. The molecule has 2 fully saturated rings. The monoisotopic (exact) mass is 210 g/mol. The Kier molecular flexibility index (Phi) is 4.04. The van der Waals surface area contributed by atoms with Gasteiger partial charge < -0.3 is 10.2 Å². The van der Waals surface area contributed by atoms with Gasteiger partial charge in [-0.15, -0.1) is 0 Å². The summed E-state index contributed by atoms with van der Waals surface area (Å²) in [6.07, 6.45) is 4.25. The summed E-state index contributed by atoms with van der Waals surface area (Å²) < 4.78 is 0. The van der Waals surface area contributed by atoms with Crippen LogP contribution in [0.4, 0.5) is 0 Å². The Balaban J connectivity index is 1.58. The molecule has 2 heterocycles. The highest BCUT2D eigenvalue weighted by Gasteiger charge is 2.25. The Morgan fingerprint density at radius 2 is 1.93 bits per heavy atom. The van der Waals surface area contributed by atoms with E-state index in [1.807, 2.05) is 0 Å². The van der Waals surface area contributed by atoms with Gasteiger partial charge in [-0.05, 0) is 56.7 Å². The van der Waals surface area contributed by atoms with Crippen molar-refractivity contribution in [3.05, 3.63) is 0 Å². The lowest BCUT2D eigenvalue weighted by Gasteiger charge is -2.16. The first kappa shape index (κ1) is 11.4. The molecule has 3 atom stereocenters. The van der Waals surface area contributed by atoms with Crippen molar-refractivity contribution in [2.45, 2.75) is 33.1 Å². The maximum Gasteiger partial charge on any atom is 0.00102 e. The molecule has 2 heteroatoms. The van der Waals surface area contributed by atoms with E-state index in [-0.39, 0.29) is 0 Å². The predicted molar refractivity (Wildman–Crippen MR) is 65.0 cm³/mol. The molecule has 0 amide bonds. The van der Waals surface area contributed by atoms with Crippen molar-refractivity contribution >= 4 is 0 Å². The average Bonchev–Trinajstić information content (AvgIpc) is 2.79. The van der Waals surface area contributed by atoms with Crippen LogP contribution in [-0.4, -0.2) is 37.6 Å². The van der Waals surface area contributed by atoms with Crippen LogP contribution in [0.2, 0.25) is 0 Å². The summed E-state index contributed by atoms with van der Waals surface area (Å²) in [5.74, 6) is 2.80. The Bertz CT molecular complexity index is 177. The fraction of sp³-hybridized carbons (Fsp3) is 1.00. The Labute approximate surface area is 94.4 Å². The standard InChI is InChI=1S/C13H26N2/c1-11-9-15(10-12(11)2)7-3-4-13-5-6-14-8-13/h11-14H,3-10H2,1-2H3. The van der Waals surface area contributed by atoms with Gasteiger partial charge in [0.25, 0.3) is 0 Å². The molecule has 2 rings (SSSR count). The highest BCUT2D eigenvalue weighted by molar-refractivity contribution is 4.79.